The van der Waals surface area contributed by atoms with Crippen LogP contribution in [-0.2, 0) is 11.2 Å². The number of thiocarbonyl (C=S) groups is 1. The molecule has 2 aromatic heterocycles. The van der Waals surface area contributed by atoms with Gasteiger partial charge in [0.15, 0.2) is 5.11 Å². The standard InChI is InChI=1S/C29H29N5O2S/c1-2-20-8-3-4-9-23(20)31-26(36)16-19-34-28(27(32-29(34)37)24-10-5-6-17-30-24)25-11-7-18-33(25)21-12-14-22(35)15-13-21/h3-15,17-18,27-28,35H,2,16,19H2,1H3,(H,31,36)(H,32,37)/t27-,28+/m1/s1. The van der Waals surface area contributed by atoms with Crippen molar-refractivity contribution in [3.05, 3.63) is 108 Å². The van der Waals surface area contributed by atoms with E-state index in [2.05, 4.69) is 38.1 Å². The minimum Gasteiger partial charge on any atom is -0.508 e. The second-order valence-corrected chi connectivity index (χ2v) is 9.34. The number of carbonyl (C=O) groups excluding carboxylic acids is 1. The summed E-state index contributed by atoms with van der Waals surface area (Å²) in [6.45, 7) is 2.52. The number of aryl methyl sites for hydroxylation is 1. The SMILES string of the molecule is CCc1ccccc1NC(=O)CCN1C(=S)N[C@H](c2ccccn2)[C@@H]1c1cccn1-c1ccc(O)cc1. The molecule has 3 N–H and O–H groups in total. The second kappa shape index (κ2) is 10.8. The number of nitrogens with zero attached hydrogens (tertiary/aromatic N) is 3. The van der Waals surface area contributed by atoms with E-state index < -0.39 is 0 Å². The van der Waals surface area contributed by atoms with Crippen molar-refractivity contribution in [3.8, 4) is 11.4 Å². The van der Waals surface area contributed by atoms with Crippen LogP contribution in [0.25, 0.3) is 5.69 Å². The summed E-state index contributed by atoms with van der Waals surface area (Å²) in [4.78, 5) is 19.6. The highest BCUT2D eigenvalue weighted by molar-refractivity contribution is 7.80. The zero-order valence-electron chi connectivity index (χ0n) is 20.5. The molecule has 0 spiro atoms. The van der Waals surface area contributed by atoms with E-state index in [0.29, 0.717) is 11.7 Å². The van der Waals surface area contributed by atoms with Crippen LogP contribution in [0.2, 0.25) is 0 Å². The number of hydrogen-bond acceptors (Lipinski definition) is 4. The number of amides is 1. The van der Waals surface area contributed by atoms with Gasteiger partial charge in [0.25, 0.3) is 0 Å². The van der Waals surface area contributed by atoms with Crippen molar-refractivity contribution in [1.82, 2.24) is 19.8 Å². The van der Waals surface area contributed by atoms with Gasteiger partial charge in [-0.05, 0) is 78.8 Å². The summed E-state index contributed by atoms with van der Waals surface area (Å²) in [7, 11) is 0. The zero-order valence-corrected chi connectivity index (χ0v) is 21.4. The van der Waals surface area contributed by atoms with Crippen LogP contribution in [0.15, 0.2) is 91.3 Å². The number of nitrogens with one attached hydrogen (secondary N) is 2. The van der Waals surface area contributed by atoms with Crippen LogP contribution in [0.4, 0.5) is 5.69 Å². The molecule has 37 heavy (non-hydrogen) atoms. The highest BCUT2D eigenvalue weighted by Crippen LogP contribution is 2.39. The molecular weight excluding hydrogens is 482 g/mol. The Labute approximate surface area is 221 Å². The molecule has 4 aromatic rings. The molecule has 188 valence electrons. The number of aromatic hydroxyl groups is 1. The maximum Gasteiger partial charge on any atom is 0.226 e. The van der Waals surface area contributed by atoms with E-state index >= 15 is 0 Å². The van der Waals surface area contributed by atoms with Crippen molar-refractivity contribution in [2.75, 3.05) is 11.9 Å². The van der Waals surface area contributed by atoms with Gasteiger partial charge in [-0.3, -0.25) is 9.78 Å². The summed E-state index contributed by atoms with van der Waals surface area (Å²) >= 11 is 5.78. The van der Waals surface area contributed by atoms with Crippen LogP contribution in [0.5, 0.6) is 5.75 Å². The fraction of sp³-hybridized carbons (Fsp3) is 0.207. The van der Waals surface area contributed by atoms with Crippen LogP contribution < -0.4 is 10.6 Å². The number of aromatic nitrogens is 2. The molecule has 8 heteroatoms. The van der Waals surface area contributed by atoms with E-state index in [4.69, 9.17) is 12.2 Å². The molecule has 1 fully saturated rings. The lowest BCUT2D eigenvalue weighted by Crippen LogP contribution is -2.33. The van der Waals surface area contributed by atoms with Gasteiger partial charge >= 0.3 is 0 Å². The molecule has 3 heterocycles. The van der Waals surface area contributed by atoms with Gasteiger partial charge in [-0.1, -0.05) is 31.2 Å². The quantitative estimate of drug-likeness (QED) is 0.284. The fourth-order valence-electron chi connectivity index (χ4n) is 4.84. The van der Waals surface area contributed by atoms with Crippen molar-refractivity contribution in [2.24, 2.45) is 0 Å². The van der Waals surface area contributed by atoms with E-state index in [1.54, 1.807) is 18.3 Å². The van der Waals surface area contributed by atoms with Gasteiger partial charge in [-0.15, -0.1) is 0 Å². The minimum atomic E-state index is -0.193. The maximum atomic E-state index is 13.0. The first-order valence-electron chi connectivity index (χ1n) is 12.4. The zero-order chi connectivity index (χ0) is 25.8. The van der Waals surface area contributed by atoms with Crippen LogP contribution in [0, 0.1) is 0 Å². The van der Waals surface area contributed by atoms with Crippen molar-refractivity contribution in [3.63, 3.8) is 0 Å². The first-order chi connectivity index (χ1) is 18.0. The maximum absolute atomic E-state index is 13.0. The predicted octanol–water partition coefficient (Wildman–Crippen LogP) is 5.14. The molecule has 0 radical (unpaired) electrons. The number of anilines is 1. The number of phenols is 1. The van der Waals surface area contributed by atoms with Crippen LogP contribution >= 0.6 is 12.2 Å². The lowest BCUT2D eigenvalue weighted by molar-refractivity contribution is -0.116. The molecule has 2 aromatic carbocycles. The molecule has 1 saturated heterocycles. The fourth-order valence-corrected chi connectivity index (χ4v) is 5.17. The van der Waals surface area contributed by atoms with E-state index in [-0.39, 0.29) is 30.2 Å². The number of rotatable bonds is 8. The van der Waals surface area contributed by atoms with Crippen LogP contribution in [-0.4, -0.2) is 37.1 Å². The van der Waals surface area contributed by atoms with Gasteiger partial charge in [0.2, 0.25) is 5.91 Å². The average Bonchev–Trinajstić information content (AvgIpc) is 3.53. The summed E-state index contributed by atoms with van der Waals surface area (Å²) in [6.07, 6.45) is 4.90. The van der Waals surface area contributed by atoms with Crippen molar-refractivity contribution in [1.29, 1.82) is 0 Å². The van der Waals surface area contributed by atoms with Gasteiger partial charge in [0.05, 0.1) is 17.8 Å². The Kier molecular flexibility index (Phi) is 7.18. The summed E-state index contributed by atoms with van der Waals surface area (Å²) < 4.78 is 2.08. The highest BCUT2D eigenvalue weighted by atomic mass is 32.1. The molecule has 0 unspecified atom stereocenters. The smallest absolute Gasteiger partial charge is 0.226 e. The molecule has 1 aliphatic heterocycles. The number of benzene rings is 2. The Hall–Kier alpha value is -4.17. The Balaban J connectivity index is 1.43. The number of phenolic OH excluding ortho intramolecular Hbond substituents is 1. The van der Waals surface area contributed by atoms with Crippen LogP contribution in [0.1, 0.15) is 42.4 Å². The van der Waals surface area contributed by atoms with Crippen molar-refractivity contribution < 1.29 is 9.90 Å². The normalized spacial score (nSPS) is 17.0. The number of para-hydroxylation sites is 1. The molecule has 5 rings (SSSR count). The molecule has 0 saturated carbocycles. The lowest BCUT2D eigenvalue weighted by atomic mass is 10.0. The third-order valence-electron chi connectivity index (χ3n) is 6.66. The minimum absolute atomic E-state index is 0.0577. The van der Waals surface area contributed by atoms with Gasteiger partial charge < -0.3 is 25.2 Å². The lowest BCUT2D eigenvalue weighted by Gasteiger charge is -2.29. The average molecular weight is 512 g/mol. The summed E-state index contributed by atoms with van der Waals surface area (Å²) in [5.41, 5.74) is 4.75. The summed E-state index contributed by atoms with van der Waals surface area (Å²) in [5.74, 6) is 0.155. The number of carbonyl (C=O) groups is 1. The molecule has 0 bridgehead atoms. The third kappa shape index (κ3) is 5.20. The molecule has 2 atom stereocenters. The Morgan fingerprint density at radius 3 is 2.59 bits per heavy atom. The summed E-state index contributed by atoms with van der Waals surface area (Å²) in [6, 6.07) is 24.5. The highest BCUT2D eigenvalue weighted by Gasteiger charge is 2.41. The first-order valence-corrected chi connectivity index (χ1v) is 12.8. The van der Waals surface area contributed by atoms with Gasteiger partial charge in [0, 0.05) is 42.4 Å². The monoisotopic (exact) mass is 511 g/mol. The van der Waals surface area contributed by atoms with Gasteiger partial charge in [0.1, 0.15) is 5.75 Å². The number of pyridine rings is 1. The van der Waals surface area contributed by atoms with Crippen molar-refractivity contribution in [2.45, 2.75) is 31.8 Å². The topological polar surface area (TPSA) is 82.4 Å². The first kappa shape index (κ1) is 24.5. The van der Waals surface area contributed by atoms with E-state index in [0.717, 1.165) is 34.7 Å². The van der Waals surface area contributed by atoms with Gasteiger partial charge in [-0.25, -0.2) is 0 Å². The Morgan fingerprint density at radius 1 is 1.05 bits per heavy atom. The second-order valence-electron chi connectivity index (χ2n) is 8.95. The number of hydrogen-bond donors (Lipinski definition) is 3. The van der Waals surface area contributed by atoms with E-state index in [1.807, 2.05) is 66.9 Å². The molecule has 1 aliphatic rings. The molecular formula is C29H29N5O2S. The predicted molar refractivity (Wildman–Crippen MR) is 149 cm³/mol. The van der Waals surface area contributed by atoms with Crippen molar-refractivity contribution >= 4 is 28.9 Å². The Morgan fingerprint density at radius 2 is 1.84 bits per heavy atom. The summed E-state index contributed by atoms with van der Waals surface area (Å²) in [5, 5.41) is 16.9. The molecule has 7 nitrogen and oxygen atoms in total. The van der Waals surface area contributed by atoms with Gasteiger partial charge in [-0.2, -0.15) is 0 Å². The van der Waals surface area contributed by atoms with E-state index in [9.17, 15) is 9.90 Å². The Bertz CT molecular complexity index is 1390. The largest absolute Gasteiger partial charge is 0.508 e. The third-order valence-corrected chi connectivity index (χ3v) is 7.01. The van der Waals surface area contributed by atoms with E-state index in [1.165, 1.54) is 0 Å². The molecule has 0 aliphatic carbocycles. The molecule has 1 amide bonds. The van der Waals surface area contributed by atoms with Crippen LogP contribution in [0.3, 0.4) is 0 Å².